The fourth-order valence-corrected chi connectivity index (χ4v) is 1.61. The second-order valence-electron chi connectivity index (χ2n) is 4.31. The standard InChI is InChI=1S/C16H15NO3/c1-12(16(18)19)10-13-5-7-15(8-6-13)20-11-14-4-2-3-9-17-14/h2-10H,11H2,1H3,(H,18,19)/b12-10+. The summed E-state index contributed by atoms with van der Waals surface area (Å²) in [6.45, 7) is 1.97. The number of carboxylic acid groups (broad SMARTS) is 1. The van der Waals surface area contributed by atoms with Crippen molar-refractivity contribution >= 4 is 12.0 Å². The monoisotopic (exact) mass is 269 g/mol. The van der Waals surface area contributed by atoms with Gasteiger partial charge in [-0.25, -0.2) is 4.79 Å². The average molecular weight is 269 g/mol. The van der Waals surface area contributed by atoms with E-state index in [0.29, 0.717) is 12.2 Å². The molecule has 0 aliphatic carbocycles. The Balaban J connectivity index is 1.98. The van der Waals surface area contributed by atoms with Crippen LogP contribution in [0.5, 0.6) is 5.75 Å². The van der Waals surface area contributed by atoms with Gasteiger partial charge in [-0.3, -0.25) is 4.98 Å². The third-order valence-corrected chi connectivity index (χ3v) is 2.71. The van der Waals surface area contributed by atoms with Gasteiger partial charge in [-0.2, -0.15) is 0 Å². The third-order valence-electron chi connectivity index (χ3n) is 2.71. The highest BCUT2D eigenvalue weighted by Gasteiger charge is 2.00. The number of rotatable bonds is 5. The summed E-state index contributed by atoms with van der Waals surface area (Å²) in [5, 5.41) is 8.81. The van der Waals surface area contributed by atoms with Crippen LogP contribution in [0.3, 0.4) is 0 Å². The van der Waals surface area contributed by atoms with Gasteiger partial charge >= 0.3 is 5.97 Å². The molecule has 0 unspecified atom stereocenters. The number of aliphatic carboxylic acids is 1. The van der Waals surface area contributed by atoms with Crippen LogP contribution in [0.25, 0.3) is 6.08 Å². The first-order valence-corrected chi connectivity index (χ1v) is 6.19. The largest absolute Gasteiger partial charge is 0.487 e. The van der Waals surface area contributed by atoms with E-state index in [2.05, 4.69) is 4.98 Å². The van der Waals surface area contributed by atoms with Crippen LogP contribution in [0, 0.1) is 0 Å². The normalized spacial score (nSPS) is 11.2. The van der Waals surface area contributed by atoms with Crippen molar-refractivity contribution in [3.8, 4) is 5.75 Å². The molecule has 0 aliphatic rings. The van der Waals surface area contributed by atoms with Crippen molar-refractivity contribution in [3.05, 3.63) is 65.5 Å². The van der Waals surface area contributed by atoms with Crippen LogP contribution in [-0.4, -0.2) is 16.1 Å². The molecule has 1 heterocycles. The van der Waals surface area contributed by atoms with Crippen LogP contribution in [0.4, 0.5) is 0 Å². The summed E-state index contributed by atoms with van der Waals surface area (Å²) in [5.41, 5.74) is 1.99. The number of ether oxygens (including phenoxy) is 1. The van der Waals surface area contributed by atoms with E-state index in [1.54, 1.807) is 19.2 Å². The molecular formula is C16H15NO3. The van der Waals surface area contributed by atoms with E-state index in [1.165, 1.54) is 0 Å². The van der Waals surface area contributed by atoms with Crippen LogP contribution in [-0.2, 0) is 11.4 Å². The quantitative estimate of drug-likeness (QED) is 0.847. The number of hydrogen-bond donors (Lipinski definition) is 1. The summed E-state index contributed by atoms with van der Waals surface area (Å²) in [6.07, 6.45) is 3.34. The van der Waals surface area contributed by atoms with Crippen LogP contribution in [0.1, 0.15) is 18.2 Å². The zero-order chi connectivity index (χ0) is 14.4. The van der Waals surface area contributed by atoms with E-state index < -0.39 is 5.97 Å². The number of aromatic nitrogens is 1. The lowest BCUT2D eigenvalue weighted by Crippen LogP contribution is -1.97. The summed E-state index contributed by atoms with van der Waals surface area (Å²) >= 11 is 0. The van der Waals surface area contributed by atoms with Crippen LogP contribution in [0.15, 0.2) is 54.2 Å². The Bertz CT molecular complexity index is 603. The molecule has 1 N–H and O–H groups in total. The summed E-state index contributed by atoms with van der Waals surface area (Å²) < 4.78 is 5.60. The van der Waals surface area contributed by atoms with Crippen LogP contribution in [0.2, 0.25) is 0 Å². The number of pyridine rings is 1. The smallest absolute Gasteiger partial charge is 0.331 e. The summed E-state index contributed by atoms with van der Waals surface area (Å²) in [4.78, 5) is 14.9. The second-order valence-corrected chi connectivity index (χ2v) is 4.31. The van der Waals surface area contributed by atoms with Gasteiger partial charge in [0.2, 0.25) is 0 Å². The number of hydrogen-bond acceptors (Lipinski definition) is 3. The van der Waals surface area contributed by atoms with Gasteiger partial charge < -0.3 is 9.84 Å². The molecule has 2 aromatic rings. The van der Waals surface area contributed by atoms with Gasteiger partial charge in [0.05, 0.1) is 5.69 Å². The number of carboxylic acids is 1. The Hall–Kier alpha value is -2.62. The molecule has 1 aromatic carbocycles. The molecule has 0 fully saturated rings. The van der Waals surface area contributed by atoms with Crippen molar-refractivity contribution in [1.82, 2.24) is 4.98 Å². The van der Waals surface area contributed by atoms with Crippen LogP contribution >= 0.6 is 0 Å². The number of nitrogens with zero attached hydrogens (tertiary/aromatic N) is 1. The first-order valence-electron chi connectivity index (χ1n) is 6.19. The Morgan fingerprint density at radius 2 is 2.00 bits per heavy atom. The van der Waals surface area contributed by atoms with E-state index in [1.807, 2.05) is 42.5 Å². The lowest BCUT2D eigenvalue weighted by Gasteiger charge is -2.05. The lowest BCUT2D eigenvalue weighted by molar-refractivity contribution is -0.132. The fraction of sp³-hybridized carbons (Fsp3) is 0.125. The molecule has 0 saturated carbocycles. The predicted molar refractivity (Wildman–Crippen MR) is 76.3 cm³/mol. The molecule has 0 atom stereocenters. The topological polar surface area (TPSA) is 59.4 Å². The highest BCUT2D eigenvalue weighted by Crippen LogP contribution is 2.15. The molecule has 102 valence electrons. The second kappa shape index (κ2) is 6.52. The average Bonchev–Trinajstić information content (AvgIpc) is 2.47. The first kappa shape index (κ1) is 13.8. The van der Waals surface area contributed by atoms with Gasteiger partial charge in [-0.05, 0) is 42.8 Å². The first-order chi connectivity index (χ1) is 9.65. The number of carbonyl (C=O) groups is 1. The van der Waals surface area contributed by atoms with Crippen molar-refractivity contribution in [2.45, 2.75) is 13.5 Å². The summed E-state index contributed by atoms with van der Waals surface area (Å²) in [6, 6.07) is 12.9. The lowest BCUT2D eigenvalue weighted by atomic mass is 10.1. The third kappa shape index (κ3) is 3.95. The molecule has 4 nitrogen and oxygen atoms in total. The maximum Gasteiger partial charge on any atom is 0.331 e. The van der Waals surface area contributed by atoms with E-state index in [4.69, 9.17) is 9.84 Å². The van der Waals surface area contributed by atoms with Gasteiger partial charge in [0.15, 0.2) is 0 Å². The van der Waals surface area contributed by atoms with Gasteiger partial charge in [0, 0.05) is 11.8 Å². The Morgan fingerprint density at radius 3 is 2.60 bits per heavy atom. The SMILES string of the molecule is C/C(=C\c1ccc(OCc2ccccn2)cc1)C(=O)O. The minimum atomic E-state index is -0.916. The van der Waals surface area contributed by atoms with E-state index in [9.17, 15) is 4.79 Å². The summed E-state index contributed by atoms with van der Waals surface area (Å²) in [5.74, 6) is -0.193. The molecular weight excluding hydrogens is 254 g/mol. The van der Waals surface area contributed by atoms with Gasteiger partial charge in [0.1, 0.15) is 12.4 Å². The Morgan fingerprint density at radius 1 is 1.25 bits per heavy atom. The molecule has 0 spiro atoms. The highest BCUT2D eigenvalue weighted by atomic mass is 16.5. The van der Waals surface area contributed by atoms with Crippen molar-refractivity contribution < 1.29 is 14.6 Å². The van der Waals surface area contributed by atoms with Gasteiger partial charge in [-0.1, -0.05) is 18.2 Å². The minimum absolute atomic E-state index is 0.298. The van der Waals surface area contributed by atoms with E-state index in [-0.39, 0.29) is 0 Å². The minimum Gasteiger partial charge on any atom is -0.487 e. The molecule has 0 amide bonds. The van der Waals surface area contributed by atoms with Crippen molar-refractivity contribution in [3.63, 3.8) is 0 Å². The molecule has 2 rings (SSSR count). The zero-order valence-corrected chi connectivity index (χ0v) is 11.1. The fourth-order valence-electron chi connectivity index (χ4n) is 1.61. The van der Waals surface area contributed by atoms with Crippen molar-refractivity contribution in [1.29, 1.82) is 0 Å². The Labute approximate surface area is 117 Å². The highest BCUT2D eigenvalue weighted by molar-refractivity contribution is 5.91. The van der Waals surface area contributed by atoms with Crippen molar-refractivity contribution in [2.24, 2.45) is 0 Å². The molecule has 0 radical (unpaired) electrons. The maximum atomic E-state index is 10.7. The predicted octanol–water partition coefficient (Wildman–Crippen LogP) is 3.15. The molecule has 20 heavy (non-hydrogen) atoms. The zero-order valence-electron chi connectivity index (χ0n) is 11.1. The maximum absolute atomic E-state index is 10.7. The van der Waals surface area contributed by atoms with Crippen LogP contribution < -0.4 is 4.74 Å². The number of benzene rings is 1. The van der Waals surface area contributed by atoms with E-state index >= 15 is 0 Å². The van der Waals surface area contributed by atoms with Crippen molar-refractivity contribution in [2.75, 3.05) is 0 Å². The Kier molecular flexibility index (Phi) is 4.50. The molecule has 0 saturated heterocycles. The van der Waals surface area contributed by atoms with Gasteiger partial charge in [0.25, 0.3) is 0 Å². The molecule has 0 bridgehead atoms. The van der Waals surface area contributed by atoms with Gasteiger partial charge in [-0.15, -0.1) is 0 Å². The molecule has 1 aromatic heterocycles. The molecule has 4 heteroatoms. The summed E-state index contributed by atoms with van der Waals surface area (Å²) in [7, 11) is 0. The molecule has 0 aliphatic heterocycles. The van der Waals surface area contributed by atoms with E-state index in [0.717, 1.165) is 17.0 Å².